The SMILES string of the molecule is O=C(Cn1nnc(-c2ccccc2)n1)Nc1nc2c(s1)CN(Cc1ccccc1)CC2. The average Bonchev–Trinajstić information content (AvgIpc) is 3.41. The molecule has 0 aliphatic carbocycles. The molecular formula is C22H21N7OS. The molecule has 5 rings (SSSR count). The Morgan fingerprint density at radius 2 is 1.84 bits per heavy atom. The van der Waals surface area contributed by atoms with Gasteiger partial charge in [-0.1, -0.05) is 60.7 Å². The third kappa shape index (κ3) is 4.68. The van der Waals surface area contributed by atoms with Crippen molar-refractivity contribution in [3.63, 3.8) is 0 Å². The molecule has 1 aliphatic heterocycles. The Balaban J connectivity index is 1.19. The number of carbonyl (C=O) groups excluding carboxylic acids is 1. The van der Waals surface area contributed by atoms with Gasteiger partial charge in [-0.05, 0) is 10.8 Å². The smallest absolute Gasteiger partial charge is 0.249 e. The molecule has 9 heteroatoms. The number of carbonyl (C=O) groups is 1. The summed E-state index contributed by atoms with van der Waals surface area (Å²) in [6.07, 6.45) is 0.888. The number of thiazole rings is 1. The van der Waals surface area contributed by atoms with Crippen LogP contribution in [0.4, 0.5) is 5.13 Å². The van der Waals surface area contributed by atoms with Crippen LogP contribution < -0.4 is 5.32 Å². The van der Waals surface area contributed by atoms with Crippen molar-refractivity contribution in [1.82, 2.24) is 30.1 Å². The first kappa shape index (κ1) is 19.5. The molecule has 3 heterocycles. The van der Waals surface area contributed by atoms with Crippen LogP contribution in [0.15, 0.2) is 60.7 Å². The predicted octanol–water partition coefficient (Wildman–Crippen LogP) is 2.99. The van der Waals surface area contributed by atoms with Crippen LogP contribution in [0.2, 0.25) is 0 Å². The Bertz CT molecular complexity index is 1170. The lowest BCUT2D eigenvalue weighted by molar-refractivity contribution is -0.117. The Morgan fingerprint density at radius 3 is 2.65 bits per heavy atom. The Labute approximate surface area is 183 Å². The van der Waals surface area contributed by atoms with Crippen LogP contribution in [-0.4, -0.2) is 42.5 Å². The maximum absolute atomic E-state index is 12.5. The van der Waals surface area contributed by atoms with E-state index in [0.29, 0.717) is 11.0 Å². The van der Waals surface area contributed by atoms with E-state index in [9.17, 15) is 4.79 Å². The number of aromatic nitrogens is 5. The van der Waals surface area contributed by atoms with Gasteiger partial charge in [-0.2, -0.15) is 4.80 Å². The Morgan fingerprint density at radius 1 is 1.06 bits per heavy atom. The lowest BCUT2D eigenvalue weighted by Crippen LogP contribution is -2.29. The topological polar surface area (TPSA) is 88.8 Å². The molecular weight excluding hydrogens is 410 g/mol. The van der Waals surface area contributed by atoms with Crippen LogP contribution in [0, 0.1) is 0 Å². The minimum atomic E-state index is -0.218. The highest BCUT2D eigenvalue weighted by Gasteiger charge is 2.21. The molecule has 0 saturated heterocycles. The van der Waals surface area contributed by atoms with Crippen molar-refractivity contribution >= 4 is 22.4 Å². The molecule has 0 fully saturated rings. The van der Waals surface area contributed by atoms with Gasteiger partial charge in [-0.3, -0.25) is 9.69 Å². The van der Waals surface area contributed by atoms with Crippen LogP contribution in [0.3, 0.4) is 0 Å². The van der Waals surface area contributed by atoms with E-state index >= 15 is 0 Å². The second-order valence-electron chi connectivity index (χ2n) is 7.39. The maximum atomic E-state index is 12.5. The molecule has 4 aromatic rings. The van der Waals surface area contributed by atoms with E-state index < -0.39 is 0 Å². The largest absolute Gasteiger partial charge is 0.300 e. The van der Waals surface area contributed by atoms with Crippen molar-refractivity contribution in [1.29, 1.82) is 0 Å². The molecule has 8 nitrogen and oxygen atoms in total. The third-order valence-corrected chi connectivity index (χ3v) is 6.07. The lowest BCUT2D eigenvalue weighted by Gasteiger charge is -2.25. The lowest BCUT2D eigenvalue weighted by atomic mass is 10.1. The monoisotopic (exact) mass is 431 g/mol. The summed E-state index contributed by atoms with van der Waals surface area (Å²) in [5.74, 6) is 0.279. The van der Waals surface area contributed by atoms with Crippen molar-refractivity contribution in [2.24, 2.45) is 0 Å². The van der Waals surface area contributed by atoms with Gasteiger partial charge in [-0.15, -0.1) is 21.5 Å². The number of anilines is 1. The Kier molecular flexibility index (Phi) is 5.51. The van der Waals surface area contributed by atoms with Crippen LogP contribution >= 0.6 is 11.3 Å². The molecule has 2 aromatic heterocycles. The van der Waals surface area contributed by atoms with Gasteiger partial charge in [0.25, 0.3) is 0 Å². The highest BCUT2D eigenvalue weighted by atomic mass is 32.1. The zero-order valence-electron chi connectivity index (χ0n) is 16.8. The van der Waals surface area contributed by atoms with Crippen molar-refractivity contribution in [3.8, 4) is 11.4 Å². The fourth-order valence-corrected chi connectivity index (χ4v) is 4.65. The number of hydrogen-bond acceptors (Lipinski definition) is 7. The fourth-order valence-electron chi connectivity index (χ4n) is 3.58. The molecule has 2 aromatic carbocycles. The van der Waals surface area contributed by atoms with Gasteiger partial charge < -0.3 is 5.32 Å². The van der Waals surface area contributed by atoms with E-state index in [4.69, 9.17) is 0 Å². The molecule has 1 aliphatic rings. The molecule has 0 bridgehead atoms. The summed E-state index contributed by atoms with van der Waals surface area (Å²) in [5, 5.41) is 15.8. The minimum absolute atomic E-state index is 0.00971. The van der Waals surface area contributed by atoms with Gasteiger partial charge in [-0.25, -0.2) is 4.98 Å². The number of hydrogen-bond donors (Lipinski definition) is 1. The van der Waals surface area contributed by atoms with Gasteiger partial charge >= 0.3 is 0 Å². The van der Waals surface area contributed by atoms with E-state index in [1.165, 1.54) is 15.2 Å². The van der Waals surface area contributed by atoms with Gasteiger partial charge in [0.15, 0.2) is 5.13 Å². The molecule has 156 valence electrons. The number of nitrogens with one attached hydrogen (secondary N) is 1. The molecule has 0 radical (unpaired) electrons. The normalized spacial score (nSPS) is 13.7. The first-order valence-electron chi connectivity index (χ1n) is 10.1. The first-order chi connectivity index (χ1) is 15.2. The van der Waals surface area contributed by atoms with Crippen LogP contribution in [0.25, 0.3) is 11.4 Å². The van der Waals surface area contributed by atoms with Crippen LogP contribution in [0.5, 0.6) is 0 Å². The zero-order chi connectivity index (χ0) is 21.0. The molecule has 31 heavy (non-hydrogen) atoms. The van der Waals surface area contributed by atoms with E-state index in [1.807, 2.05) is 36.4 Å². The van der Waals surface area contributed by atoms with Crippen LogP contribution in [0.1, 0.15) is 16.1 Å². The van der Waals surface area contributed by atoms with Crippen molar-refractivity contribution in [2.75, 3.05) is 11.9 Å². The summed E-state index contributed by atoms with van der Waals surface area (Å²) < 4.78 is 0. The number of rotatable bonds is 6. The maximum Gasteiger partial charge on any atom is 0.249 e. The number of tetrazole rings is 1. The van der Waals surface area contributed by atoms with E-state index in [1.54, 1.807) is 11.3 Å². The summed E-state index contributed by atoms with van der Waals surface area (Å²) in [4.78, 5) is 22.0. The van der Waals surface area contributed by atoms with E-state index in [-0.39, 0.29) is 12.5 Å². The predicted molar refractivity (Wildman–Crippen MR) is 118 cm³/mol. The molecule has 0 saturated carbocycles. The third-order valence-electron chi connectivity index (χ3n) is 5.08. The highest BCUT2D eigenvalue weighted by molar-refractivity contribution is 7.15. The summed E-state index contributed by atoms with van der Waals surface area (Å²) in [5.41, 5.74) is 3.25. The number of benzene rings is 2. The average molecular weight is 432 g/mol. The molecule has 0 atom stereocenters. The standard InChI is InChI=1S/C22H21N7OS/c30-20(15-29-26-21(25-27-29)17-9-5-2-6-10-17)24-22-23-18-11-12-28(14-19(18)31-22)13-16-7-3-1-4-8-16/h1-10H,11-15H2,(H,23,24,30). The number of amides is 1. The quantitative estimate of drug-likeness (QED) is 0.505. The summed E-state index contributed by atoms with van der Waals surface area (Å²) in [6.45, 7) is 2.72. The number of nitrogens with zero attached hydrogens (tertiary/aromatic N) is 6. The molecule has 1 N–H and O–H groups in total. The Hall–Kier alpha value is -3.43. The van der Waals surface area contributed by atoms with Crippen molar-refractivity contribution in [2.45, 2.75) is 26.1 Å². The first-order valence-corrected chi connectivity index (χ1v) is 10.9. The fraction of sp³-hybridized carbons (Fsp3) is 0.227. The van der Waals surface area contributed by atoms with Gasteiger partial charge in [0.05, 0.1) is 5.69 Å². The zero-order valence-corrected chi connectivity index (χ0v) is 17.6. The van der Waals surface area contributed by atoms with Crippen molar-refractivity contribution in [3.05, 3.63) is 76.8 Å². The molecule has 0 unspecified atom stereocenters. The number of fused-ring (bicyclic) bond motifs is 1. The summed E-state index contributed by atoms with van der Waals surface area (Å²) in [7, 11) is 0. The summed E-state index contributed by atoms with van der Waals surface area (Å²) >= 11 is 1.54. The second-order valence-corrected chi connectivity index (χ2v) is 8.48. The summed E-state index contributed by atoms with van der Waals surface area (Å²) in [6, 6.07) is 20.0. The van der Waals surface area contributed by atoms with E-state index in [0.717, 1.165) is 37.3 Å². The highest BCUT2D eigenvalue weighted by Crippen LogP contribution is 2.29. The second kappa shape index (κ2) is 8.75. The molecule has 0 spiro atoms. The minimum Gasteiger partial charge on any atom is -0.300 e. The van der Waals surface area contributed by atoms with E-state index in [2.05, 4.69) is 54.9 Å². The van der Waals surface area contributed by atoms with Gasteiger partial charge in [0.2, 0.25) is 11.7 Å². The van der Waals surface area contributed by atoms with Gasteiger partial charge in [0.1, 0.15) is 6.54 Å². The molecule has 1 amide bonds. The van der Waals surface area contributed by atoms with Crippen LogP contribution in [-0.2, 0) is 30.8 Å². The van der Waals surface area contributed by atoms with Crippen molar-refractivity contribution < 1.29 is 4.79 Å². The van der Waals surface area contributed by atoms with Gasteiger partial charge in [0, 0.05) is 36.5 Å².